The third kappa shape index (κ3) is 5.50. The van der Waals surface area contributed by atoms with Gasteiger partial charge in [-0.1, -0.05) is 0 Å². The number of carbonyl (C=O) groups excluding carboxylic acids is 1. The molecule has 5 nitrogen and oxygen atoms in total. The van der Waals surface area contributed by atoms with E-state index < -0.39 is 9.84 Å². The molecule has 0 unspecified atom stereocenters. The van der Waals surface area contributed by atoms with Crippen molar-refractivity contribution >= 4 is 15.7 Å². The van der Waals surface area contributed by atoms with Crippen molar-refractivity contribution in [2.45, 2.75) is 31.9 Å². The third-order valence-electron chi connectivity index (χ3n) is 2.83. The topological polar surface area (TPSA) is 75.3 Å². The quantitative estimate of drug-likeness (QED) is 0.600. The van der Waals surface area contributed by atoms with Gasteiger partial charge in [0, 0.05) is 25.6 Å². The van der Waals surface area contributed by atoms with Gasteiger partial charge in [0.25, 0.3) is 0 Å². The molecule has 0 aromatic heterocycles. The number of sulfone groups is 1. The number of carbonyl (C=O) groups is 1. The average molecular weight is 262 g/mol. The molecular weight excluding hydrogens is 240 g/mol. The highest BCUT2D eigenvalue weighted by atomic mass is 32.2. The smallest absolute Gasteiger partial charge is 0.223 e. The van der Waals surface area contributed by atoms with E-state index >= 15 is 0 Å². The Labute approximate surface area is 103 Å². The summed E-state index contributed by atoms with van der Waals surface area (Å²) < 4.78 is 22.9. The molecule has 1 aliphatic carbocycles. The molecule has 0 spiro atoms. The SMILES string of the molecule is CC(C)S(=O)(=O)CCNCCNC(=O)C1CC1. The van der Waals surface area contributed by atoms with Crippen LogP contribution in [0.25, 0.3) is 0 Å². The zero-order valence-corrected chi connectivity index (χ0v) is 11.3. The van der Waals surface area contributed by atoms with Gasteiger partial charge in [0.2, 0.25) is 5.91 Å². The first-order valence-corrected chi connectivity index (χ1v) is 7.85. The molecule has 1 saturated carbocycles. The fourth-order valence-electron chi connectivity index (χ4n) is 1.34. The molecule has 100 valence electrons. The van der Waals surface area contributed by atoms with E-state index in [0.29, 0.717) is 19.6 Å². The summed E-state index contributed by atoms with van der Waals surface area (Å²) in [5.41, 5.74) is 0. The van der Waals surface area contributed by atoms with Crippen LogP contribution in [0.5, 0.6) is 0 Å². The highest BCUT2D eigenvalue weighted by Crippen LogP contribution is 2.28. The Balaban J connectivity index is 1.99. The van der Waals surface area contributed by atoms with E-state index in [1.807, 2.05) is 0 Å². The minimum atomic E-state index is -2.95. The Bertz CT molecular complexity index is 348. The Hall–Kier alpha value is -0.620. The van der Waals surface area contributed by atoms with Gasteiger partial charge in [-0.15, -0.1) is 0 Å². The number of rotatable bonds is 8. The molecule has 17 heavy (non-hydrogen) atoms. The number of nitrogens with one attached hydrogen (secondary N) is 2. The third-order valence-corrected chi connectivity index (χ3v) is 5.04. The monoisotopic (exact) mass is 262 g/mol. The zero-order chi connectivity index (χ0) is 12.9. The summed E-state index contributed by atoms with van der Waals surface area (Å²) in [6.45, 7) is 5.00. The van der Waals surface area contributed by atoms with Gasteiger partial charge in [0.05, 0.1) is 11.0 Å². The lowest BCUT2D eigenvalue weighted by Crippen LogP contribution is -2.35. The Kier molecular flexibility index (Phi) is 5.39. The molecule has 0 saturated heterocycles. The Morgan fingerprint density at radius 2 is 1.88 bits per heavy atom. The molecule has 1 aliphatic rings. The van der Waals surface area contributed by atoms with Crippen LogP contribution in [0, 0.1) is 5.92 Å². The molecule has 0 heterocycles. The molecule has 0 aromatic carbocycles. The fourth-order valence-corrected chi connectivity index (χ4v) is 2.24. The maximum atomic E-state index is 11.5. The largest absolute Gasteiger partial charge is 0.355 e. The van der Waals surface area contributed by atoms with Crippen molar-refractivity contribution in [3.05, 3.63) is 0 Å². The van der Waals surface area contributed by atoms with E-state index in [4.69, 9.17) is 0 Å². The predicted octanol–water partition coefficient (Wildman–Crippen LogP) is -0.0746. The average Bonchev–Trinajstić information content (AvgIpc) is 3.06. The second kappa shape index (κ2) is 6.35. The van der Waals surface area contributed by atoms with Crippen LogP contribution in [0.3, 0.4) is 0 Å². The first kappa shape index (κ1) is 14.4. The molecule has 6 heteroatoms. The molecule has 0 bridgehead atoms. The van der Waals surface area contributed by atoms with Gasteiger partial charge < -0.3 is 10.6 Å². The van der Waals surface area contributed by atoms with Crippen molar-refractivity contribution in [1.29, 1.82) is 0 Å². The Morgan fingerprint density at radius 1 is 1.24 bits per heavy atom. The van der Waals surface area contributed by atoms with Crippen molar-refractivity contribution in [3.8, 4) is 0 Å². The van der Waals surface area contributed by atoms with E-state index in [2.05, 4.69) is 10.6 Å². The first-order valence-electron chi connectivity index (χ1n) is 6.13. The fraction of sp³-hybridized carbons (Fsp3) is 0.909. The number of hydrogen-bond donors (Lipinski definition) is 2. The van der Waals surface area contributed by atoms with Gasteiger partial charge in [-0.2, -0.15) is 0 Å². The second-order valence-electron chi connectivity index (χ2n) is 4.73. The van der Waals surface area contributed by atoms with Gasteiger partial charge >= 0.3 is 0 Å². The Morgan fingerprint density at radius 3 is 2.41 bits per heavy atom. The summed E-state index contributed by atoms with van der Waals surface area (Å²) in [4.78, 5) is 11.3. The van der Waals surface area contributed by atoms with Crippen LogP contribution >= 0.6 is 0 Å². The molecular formula is C11H22N2O3S. The normalized spacial score (nSPS) is 16.2. The second-order valence-corrected chi connectivity index (χ2v) is 7.41. The van der Waals surface area contributed by atoms with E-state index in [9.17, 15) is 13.2 Å². The van der Waals surface area contributed by atoms with Crippen LogP contribution < -0.4 is 10.6 Å². The summed E-state index contributed by atoms with van der Waals surface area (Å²) >= 11 is 0. The molecule has 1 fully saturated rings. The standard InChI is InChI=1S/C11H22N2O3S/c1-9(2)17(15,16)8-7-12-5-6-13-11(14)10-3-4-10/h9-10,12H,3-8H2,1-2H3,(H,13,14). The van der Waals surface area contributed by atoms with Crippen LogP contribution in [0.1, 0.15) is 26.7 Å². The summed E-state index contributed by atoms with van der Waals surface area (Å²) in [7, 11) is -2.95. The van der Waals surface area contributed by atoms with Crippen LogP contribution in [-0.4, -0.2) is 45.0 Å². The van der Waals surface area contributed by atoms with Crippen LogP contribution in [-0.2, 0) is 14.6 Å². The summed E-state index contributed by atoms with van der Waals surface area (Å²) in [5.74, 6) is 0.513. The maximum absolute atomic E-state index is 11.5. The van der Waals surface area contributed by atoms with Crippen LogP contribution in [0.2, 0.25) is 0 Å². The predicted molar refractivity (Wildman–Crippen MR) is 67.5 cm³/mol. The highest BCUT2D eigenvalue weighted by molar-refractivity contribution is 7.92. The van der Waals surface area contributed by atoms with Crippen molar-refractivity contribution in [2.75, 3.05) is 25.4 Å². The maximum Gasteiger partial charge on any atom is 0.223 e. The lowest BCUT2D eigenvalue weighted by Gasteiger charge is -2.09. The molecule has 1 rings (SSSR count). The molecule has 0 aliphatic heterocycles. The molecule has 0 aromatic rings. The summed E-state index contributed by atoms with van der Waals surface area (Å²) in [5, 5.41) is 5.51. The van der Waals surface area contributed by atoms with Crippen molar-refractivity contribution in [1.82, 2.24) is 10.6 Å². The van der Waals surface area contributed by atoms with Crippen molar-refractivity contribution < 1.29 is 13.2 Å². The van der Waals surface area contributed by atoms with Gasteiger partial charge in [-0.05, 0) is 26.7 Å². The zero-order valence-electron chi connectivity index (χ0n) is 10.5. The van der Waals surface area contributed by atoms with Gasteiger partial charge in [0.1, 0.15) is 0 Å². The van der Waals surface area contributed by atoms with Crippen molar-refractivity contribution in [2.24, 2.45) is 5.92 Å². The van der Waals surface area contributed by atoms with Crippen molar-refractivity contribution in [3.63, 3.8) is 0 Å². The molecule has 2 N–H and O–H groups in total. The molecule has 0 atom stereocenters. The van der Waals surface area contributed by atoms with Gasteiger partial charge in [-0.25, -0.2) is 8.42 Å². The summed E-state index contributed by atoms with van der Waals surface area (Å²) in [6.07, 6.45) is 2.01. The summed E-state index contributed by atoms with van der Waals surface area (Å²) in [6, 6.07) is 0. The van der Waals surface area contributed by atoms with Gasteiger partial charge in [-0.3, -0.25) is 4.79 Å². The van der Waals surface area contributed by atoms with E-state index in [1.165, 1.54) is 0 Å². The lowest BCUT2D eigenvalue weighted by molar-refractivity contribution is -0.122. The lowest BCUT2D eigenvalue weighted by atomic mass is 10.4. The minimum Gasteiger partial charge on any atom is -0.355 e. The highest BCUT2D eigenvalue weighted by Gasteiger charge is 2.28. The van der Waals surface area contributed by atoms with E-state index in [0.717, 1.165) is 12.8 Å². The minimum absolute atomic E-state index is 0.126. The van der Waals surface area contributed by atoms with E-state index in [1.54, 1.807) is 13.8 Å². The molecule has 0 radical (unpaired) electrons. The molecule has 1 amide bonds. The first-order chi connectivity index (χ1) is 7.93. The number of amides is 1. The van der Waals surface area contributed by atoms with Gasteiger partial charge in [0.15, 0.2) is 9.84 Å². The van der Waals surface area contributed by atoms with Crippen LogP contribution in [0.15, 0.2) is 0 Å². The van der Waals surface area contributed by atoms with Crippen LogP contribution in [0.4, 0.5) is 0 Å². The van der Waals surface area contributed by atoms with E-state index in [-0.39, 0.29) is 22.8 Å². The number of hydrogen-bond acceptors (Lipinski definition) is 4.